The highest BCUT2D eigenvalue weighted by molar-refractivity contribution is 7.92. The van der Waals surface area contributed by atoms with Gasteiger partial charge in [0.25, 0.3) is 0 Å². The highest BCUT2D eigenvalue weighted by Crippen LogP contribution is 2.29. The van der Waals surface area contributed by atoms with Crippen LogP contribution in [0, 0.1) is 0 Å². The monoisotopic (exact) mass is 384 g/mol. The summed E-state index contributed by atoms with van der Waals surface area (Å²) in [6.45, 7) is 0. The number of hydrogen-bond donors (Lipinski definition) is 2. The molecule has 0 saturated carbocycles. The van der Waals surface area contributed by atoms with Crippen LogP contribution in [0.2, 0.25) is 0 Å². The van der Waals surface area contributed by atoms with Gasteiger partial charge in [-0.3, -0.25) is 9.52 Å². The second-order valence-electron chi connectivity index (χ2n) is 5.40. The smallest absolute Gasteiger partial charge is 0.322 e. The zero-order valence-electron chi connectivity index (χ0n) is 13.5. The summed E-state index contributed by atoms with van der Waals surface area (Å²) in [5.74, 6) is -0.513. The fourth-order valence-corrected chi connectivity index (χ4v) is 2.57. The molecular formula is C17H15F3N2O3S. The summed E-state index contributed by atoms with van der Waals surface area (Å²) in [4.78, 5) is 11.9. The third-order valence-corrected chi connectivity index (χ3v) is 3.71. The van der Waals surface area contributed by atoms with Gasteiger partial charge in [0.05, 0.1) is 17.5 Å². The van der Waals surface area contributed by atoms with E-state index in [1.807, 2.05) is 0 Å². The van der Waals surface area contributed by atoms with Crippen LogP contribution >= 0.6 is 0 Å². The van der Waals surface area contributed by atoms with Crippen LogP contribution in [0.4, 0.5) is 24.5 Å². The minimum atomic E-state index is -4.41. The normalized spacial score (nSPS) is 12.2. The Morgan fingerprint density at radius 1 is 1.04 bits per heavy atom. The van der Waals surface area contributed by atoms with Crippen molar-refractivity contribution in [3.63, 3.8) is 0 Å². The lowest BCUT2D eigenvalue weighted by Crippen LogP contribution is -2.11. The van der Waals surface area contributed by atoms with Crippen LogP contribution in [-0.4, -0.2) is 20.6 Å². The molecule has 0 radical (unpaired) electrons. The van der Waals surface area contributed by atoms with Gasteiger partial charge in [-0.15, -0.1) is 0 Å². The van der Waals surface area contributed by atoms with E-state index < -0.39 is 27.7 Å². The molecule has 26 heavy (non-hydrogen) atoms. The van der Waals surface area contributed by atoms with Crippen molar-refractivity contribution in [2.24, 2.45) is 0 Å². The van der Waals surface area contributed by atoms with Crippen molar-refractivity contribution >= 4 is 33.4 Å². The summed E-state index contributed by atoms with van der Waals surface area (Å²) in [7, 11) is -3.44. The molecule has 2 aromatic rings. The number of anilines is 2. The predicted molar refractivity (Wildman–Crippen MR) is 94.0 cm³/mol. The number of rotatable bonds is 5. The largest absolute Gasteiger partial charge is 0.416 e. The summed E-state index contributed by atoms with van der Waals surface area (Å²) in [6.07, 6.45) is -0.872. The zero-order valence-corrected chi connectivity index (χ0v) is 14.4. The summed E-state index contributed by atoms with van der Waals surface area (Å²) >= 11 is 0. The third kappa shape index (κ3) is 6.25. The molecule has 2 aromatic carbocycles. The molecule has 0 aliphatic heterocycles. The van der Waals surface area contributed by atoms with Crippen molar-refractivity contribution in [3.05, 3.63) is 65.7 Å². The van der Waals surface area contributed by atoms with Gasteiger partial charge < -0.3 is 5.32 Å². The fourth-order valence-electron chi connectivity index (χ4n) is 2.01. The first-order valence-electron chi connectivity index (χ1n) is 7.27. The molecule has 0 aliphatic rings. The SMILES string of the molecule is CS(=O)(=O)Nc1cccc(NC(=O)/C=C/c2ccc(C(F)(F)F)cc2)c1. The van der Waals surface area contributed by atoms with Crippen LogP contribution in [0.3, 0.4) is 0 Å². The van der Waals surface area contributed by atoms with Gasteiger partial charge in [-0.25, -0.2) is 8.42 Å². The average Bonchev–Trinajstić information content (AvgIpc) is 2.51. The van der Waals surface area contributed by atoms with Crippen molar-refractivity contribution in [3.8, 4) is 0 Å². The second-order valence-corrected chi connectivity index (χ2v) is 7.15. The van der Waals surface area contributed by atoms with Crippen molar-refractivity contribution in [1.82, 2.24) is 0 Å². The Labute approximate surface area is 148 Å². The minimum absolute atomic E-state index is 0.289. The van der Waals surface area contributed by atoms with E-state index in [4.69, 9.17) is 0 Å². The first-order chi connectivity index (χ1) is 12.0. The van der Waals surface area contributed by atoms with E-state index in [1.165, 1.54) is 36.4 Å². The molecule has 9 heteroatoms. The van der Waals surface area contributed by atoms with Gasteiger partial charge in [0, 0.05) is 11.8 Å². The number of benzene rings is 2. The lowest BCUT2D eigenvalue weighted by atomic mass is 10.1. The number of alkyl halides is 3. The Morgan fingerprint density at radius 2 is 1.65 bits per heavy atom. The molecule has 0 fully saturated rings. The number of hydrogen-bond acceptors (Lipinski definition) is 3. The lowest BCUT2D eigenvalue weighted by Gasteiger charge is -2.07. The predicted octanol–water partition coefficient (Wildman–Crippen LogP) is 3.73. The standard InChI is InChI=1S/C17H15F3N2O3S/c1-26(24,25)22-15-4-2-3-14(11-15)21-16(23)10-7-12-5-8-13(9-6-12)17(18,19)20/h2-11,22H,1H3,(H,21,23)/b10-7+. The van der Waals surface area contributed by atoms with Gasteiger partial charge in [0.2, 0.25) is 15.9 Å². The molecule has 138 valence electrons. The van der Waals surface area contributed by atoms with E-state index in [9.17, 15) is 26.4 Å². The number of sulfonamides is 1. The van der Waals surface area contributed by atoms with E-state index in [0.29, 0.717) is 11.3 Å². The molecule has 0 bridgehead atoms. The maximum atomic E-state index is 12.5. The molecule has 0 aliphatic carbocycles. The molecule has 5 nitrogen and oxygen atoms in total. The van der Waals surface area contributed by atoms with Crippen LogP contribution in [0.25, 0.3) is 6.08 Å². The quantitative estimate of drug-likeness (QED) is 0.772. The van der Waals surface area contributed by atoms with E-state index in [-0.39, 0.29) is 5.69 Å². The molecule has 0 saturated heterocycles. The molecule has 0 spiro atoms. The highest BCUT2D eigenvalue weighted by atomic mass is 32.2. The zero-order chi connectivity index (χ0) is 19.4. The van der Waals surface area contributed by atoms with Gasteiger partial charge in [-0.2, -0.15) is 13.2 Å². The van der Waals surface area contributed by atoms with Crippen LogP contribution in [0.1, 0.15) is 11.1 Å². The summed E-state index contributed by atoms with van der Waals surface area (Å²) < 4.78 is 62.1. The lowest BCUT2D eigenvalue weighted by molar-refractivity contribution is -0.137. The highest BCUT2D eigenvalue weighted by Gasteiger charge is 2.29. The number of nitrogens with one attached hydrogen (secondary N) is 2. The third-order valence-electron chi connectivity index (χ3n) is 3.10. The van der Waals surface area contributed by atoms with Crippen LogP contribution in [-0.2, 0) is 21.0 Å². The van der Waals surface area contributed by atoms with Gasteiger partial charge in [0.1, 0.15) is 0 Å². The first-order valence-corrected chi connectivity index (χ1v) is 9.16. The molecule has 0 aromatic heterocycles. The first kappa shape index (κ1) is 19.5. The number of amides is 1. The van der Waals surface area contributed by atoms with E-state index >= 15 is 0 Å². The Bertz CT molecular complexity index is 921. The van der Waals surface area contributed by atoms with Crippen LogP contribution in [0.15, 0.2) is 54.6 Å². The Hall–Kier alpha value is -2.81. The number of carbonyl (C=O) groups is 1. The summed E-state index contributed by atoms with van der Waals surface area (Å²) in [5, 5.41) is 2.53. The van der Waals surface area contributed by atoms with Gasteiger partial charge in [-0.05, 0) is 42.0 Å². The van der Waals surface area contributed by atoms with Gasteiger partial charge >= 0.3 is 6.18 Å². The maximum Gasteiger partial charge on any atom is 0.416 e. The van der Waals surface area contributed by atoms with Crippen molar-refractivity contribution in [1.29, 1.82) is 0 Å². The topological polar surface area (TPSA) is 75.3 Å². The fraction of sp³-hybridized carbons (Fsp3) is 0.118. The van der Waals surface area contributed by atoms with Crippen LogP contribution in [0.5, 0.6) is 0 Å². The Balaban J connectivity index is 2.02. The molecule has 2 N–H and O–H groups in total. The summed E-state index contributed by atoms with van der Waals surface area (Å²) in [6, 6.07) is 10.4. The molecular weight excluding hydrogens is 369 g/mol. The van der Waals surface area contributed by atoms with E-state index in [1.54, 1.807) is 12.1 Å². The number of carbonyl (C=O) groups excluding carboxylic acids is 1. The molecule has 0 heterocycles. The van der Waals surface area contributed by atoms with E-state index in [0.717, 1.165) is 18.4 Å². The number of halogens is 3. The van der Waals surface area contributed by atoms with Gasteiger partial charge in [0.15, 0.2) is 0 Å². The summed E-state index contributed by atoms with van der Waals surface area (Å²) in [5.41, 5.74) is 0.313. The maximum absolute atomic E-state index is 12.5. The van der Waals surface area contributed by atoms with Crippen molar-refractivity contribution in [2.75, 3.05) is 16.3 Å². The average molecular weight is 384 g/mol. The molecule has 2 rings (SSSR count). The van der Waals surface area contributed by atoms with E-state index in [2.05, 4.69) is 10.0 Å². The Morgan fingerprint density at radius 3 is 2.23 bits per heavy atom. The van der Waals surface area contributed by atoms with Crippen LogP contribution < -0.4 is 10.0 Å². The Kier molecular flexibility index (Phi) is 5.71. The van der Waals surface area contributed by atoms with Crippen molar-refractivity contribution in [2.45, 2.75) is 6.18 Å². The molecule has 0 atom stereocenters. The second kappa shape index (κ2) is 7.61. The minimum Gasteiger partial charge on any atom is -0.322 e. The molecule has 1 amide bonds. The molecule has 0 unspecified atom stereocenters. The van der Waals surface area contributed by atoms with Crippen molar-refractivity contribution < 1.29 is 26.4 Å². The van der Waals surface area contributed by atoms with Gasteiger partial charge in [-0.1, -0.05) is 18.2 Å².